The van der Waals surface area contributed by atoms with Crippen LogP contribution in [0.5, 0.6) is 5.75 Å². The highest BCUT2D eigenvalue weighted by Gasteiger charge is 2.37. The number of benzene rings is 1. The first-order valence-electron chi connectivity index (χ1n) is 7.24. The third kappa shape index (κ3) is 3.29. The number of fused-ring (bicyclic) bond motifs is 1. The normalized spacial score (nSPS) is 16.6. The Hall–Kier alpha value is -2.55. The number of aromatic nitrogens is 4. The molecule has 2 aromatic rings. The molecule has 0 saturated carbocycles. The largest absolute Gasteiger partial charge is 0.535 e. The van der Waals surface area contributed by atoms with E-state index in [9.17, 15) is 14.6 Å². The quantitative estimate of drug-likeness (QED) is 0.625. The standard InChI is InChI=1S/C14H15BN4O4/c1-9(20)13-4-2-3-10-5-11(15(22)23-14(10)13)6-12(21)7-19-8-16-17-18-19/h2-4,8,11,22H,5-7H2,1H3/t11-/m1/s1. The SMILES string of the molecule is CC(=O)c1cccc2c1OB(O)[C@@H](CC(=O)Cn1cnnn1)C2. The van der Waals surface area contributed by atoms with Crippen molar-refractivity contribution in [2.75, 3.05) is 0 Å². The number of nitrogens with zero attached hydrogens (tertiary/aromatic N) is 4. The zero-order valence-corrected chi connectivity index (χ0v) is 12.5. The zero-order chi connectivity index (χ0) is 16.4. The highest BCUT2D eigenvalue weighted by atomic mass is 16.5. The summed E-state index contributed by atoms with van der Waals surface area (Å²) in [6.45, 7) is 1.50. The third-order valence-electron chi connectivity index (χ3n) is 3.82. The van der Waals surface area contributed by atoms with Crippen LogP contribution < -0.4 is 4.65 Å². The second-order valence-electron chi connectivity index (χ2n) is 5.57. The van der Waals surface area contributed by atoms with Gasteiger partial charge in [0.2, 0.25) is 0 Å². The Labute approximate surface area is 132 Å². The maximum absolute atomic E-state index is 12.1. The summed E-state index contributed by atoms with van der Waals surface area (Å²) in [5.41, 5.74) is 1.27. The van der Waals surface area contributed by atoms with Crippen LogP contribution in [0.15, 0.2) is 24.5 Å². The second kappa shape index (κ2) is 6.29. The van der Waals surface area contributed by atoms with Gasteiger partial charge in [-0.3, -0.25) is 9.59 Å². The molecular weight excluding hydrogens is 299 g/mol. The molecule has 0 unspecified atom stereocenters. The van der Waals surface area contributed by atoms with Gasteiger partial charge < -0.3 is 9.68 Å². The molecule has 0 saturated heterocycles. The van der Waals surface area contributed by atoms with Crippen LogP contribution in [0.3, 0.4) is 0 Å². The number of rotatable bonds is 5. The van der Waals surface area contributed by atoms with Crippen LogP contribution in [-0.4, -0.2) is 43.9 Å². The zero-order valence-electron chi connectivity index (χ0n) is 12.5. The molecule has 1 atom stereocenters. The van der Waals surface area contributed by atoms with Gasteiger partial charge in [-0.25, -0.2) is 4.68 Å². The first kappa shape index (κ1) is 15.4. The Balaban J connectivity index is 1.72. The first-order valence-corrected chi connectivity index (χ1v) is 7.24. The van der Waals surface area contributed by atoms with E-state index in [1.54, 1.807) is 12.1 Å². The Bertz CT molecular complexity index is 734. The van der Waals surface area contributed by atoms with E-state index < -0.39 is 7.12 Å². The van der Waals surface area contributed by atoms with Crippen molar-refractivity contribution in [1.29, 1.82) is 0 Å². The molecule has 0 bridgehead atoms. The number of ketones is 2. The lowest BCUT2D eigenvalue weighted by molar-refractivity contribution is -0.120. The lowest BCUT2D eigenvalue weighted by Crippen LogP contribution is -2.36. The number of tetrazole rings is 1. The van der Waals surface area contributed by atoms with Crippen molar-refractivity contribution in [3.8, 4) is 5.75 Å². The summed E-state index contributed by atoms with van der Waals surface area (Å²) < 4.78 is 6.84. The summed E-state index contributed by atoms with van der Waals surface area (Å²) in [5, 5.41) is 20.7. The van der Waals surface area contributed by atoms with E-state index in [0.717, 1.165) is 5.56 Å². The van der Waals surface area contributed by atoms with Crippen LogP contribution in [-0.2, 0) is 17.8 Å². The van der Waals surface area contributed by atoms with Crippen LogP contribution in [0.2, 0.25) is 5.82 Å². The van der Waals surface area contributed by atoms with Gasteiger partial charge in [-0.2, -0.15) is 0 Å². The Kier molecular flexibility index (Phi) is 4.20. The molecule has 1 aliphatic heterocycles. The van der Waals surface area contributed by atoms with Crippen molar-refractivity contribution in [1.82, 2.24) is 20.2 Å². The van der Waals surface area contributed by atoms with Gasteiger partial charge in [0.15, 0.2) is 11.6 Å². The molecule has 23 heavy (non-hydrogen) atoms. The van der Waals surface area contributed by atoms with Crippen LogP contribution in [0.1, 0.15) is 29.3 Å². The summed E-state index contributed by atoms with van der Waals surface area (Å²) >= 11 is 0. The van der Waals surface area contributed by atoms with Crippen molar-refractivity contribution in [3.05, 3.63) is 35.7 Å². The van der Waals surface area contributed by atoms with Gasteiger partial charge in [0.1, 0.15) is 18.6 Å². The summed E-state index contributed by atoms with van der Waals surface area (Å²) in [6.07, 6.45) is 1.98. The first-order chi connectivity index (χ1) is 11.0. The van der Waals surface area contributed by atoms with Crippen LogP contribution in [0.4, 0.5) is 0 Å². The average Bonchev–Trinajstić information content (AvgIpc) is 3.00. The molecule has 1 aromatic carbocycles. The number of Topliss-reactive ketones (excluding diaryl/α,β-unsaturated/α-hetero) is 2. The van der Waals surface area contributed by atoms with E-state index in [4.69, 9.17) is 4.65 Å². The maximum Gasteiger partial charge on any atom is 0.526 e. The Morgan fingerprint density at radius 2 is 2.30 bits per heavy atom. The second-order valence-corrected chi connectivity index (χ2v) is 5.57. The molecular formula is C14H15BN4O4. The van der Waals surface area contributed by atoms with Crippen LogP contribution in [0, 0.1) is 0 Å². The van der Waals surface area contributed by atoms with E-state index in [2.05, 4.69) is 15.5 Å². The highest BCUT2D eigenvalue weighted by Crippen LogP contribution is 2.36. The summed E-state index contributed by atoms with van der Waals surface area (Å²) in [4.78, 5) is 23.7. The van der Waals surface area contributed by atoms with Gasteiger partial charge in [-0.05, 0) is 35.4 Å². The van der Waals surface area contributed by atoms with E-state index in [-0.39, 0.29) is 30.3 Å². The van der Waals surface area contributed by atoms with Crippen molar-refractivity contribution >= 4 is 18.7 Å². The van der Waals surface area contributed by atoms with Crippen molar-refractivity contribution in [2.45, 2.75) is 32.1 Å². The van der Waals surface area contributed by atoms with Crippen molar-refractivity contribution in [3.63, 3.8) is 0 Å². The number of para-hydroxylation sites is 1. The fourth-order valence-electron chi connectivity index (χ4n) is 2.73. The minimum atomic E-state index is -1.12. The lowest BCUT2D eigenvalue weighted by atomic mass is 9.64. The smallest absolute Gasteiger partial charge is 0.526 e. The molecule has 1 aliphatic rings. The summed E-state index contributed by atoms with van der Waals surface area (Å²) in [7, 11) is -1.12. The van der Waals surface area contributed by atoms with Crippen molar-refractivity contribution in [2.24, 2.45) is 0 Å². The molecule has 1 aromatic heterocycles. The molecule has 0 fully saturated rings. The molecule has 0 amide bonds. The van der Waals surface area contributed by atoms with Gasteiger partial charge in [-0.1, -0.05) is 12.1 Å². The van der Waals surface area contributed by atoms with E-state index in [1.165, 1.54) is 17.9 Å². The highest BCUT2D eigenvalue weighted by molar-refractivity contribution is 6.47. The topological polar surface area (TPSA) is 107 Å². The van der Waals surface area contributed by atoms with Crippen LogP contribution >= 0.6 is 0 Å². The van der Waals surface area contributed by atoms with Gasteiger partial charge in [-0.15, -0.1) is 5.10 Å². The molecule has 0 spiro atoms. The third-order valence-corrected chi connectivity index (χ3v) is 3.82. The van der Waals surface area contributed by atoms with Gasteiger partial charge in [0, 0.05) is 12.2 Å². The van der Waals surface area contributed by atoms with Gasteiger partial charge >= 0.3 is 7.12 Å². The molecule has 2 heterocycles. The summed E-state index contributed by atoms with van der Waals surface area (Å²) in [6, 6.07) is 5.28. The Morgan fingerprint density at radius 3 is 3.00 bits per heavy atom. The van der Waals surface area contributed by atoms with Gasteiger partial charge in [0.05, 0.1) is 5.56 Å². The van der Waals surface area contributed by atoms with Crippen LogP contribution in [0.25, 0.3) is 0 Å². The predicted molar refractivity (Wildman–Crippen MR) is 79.9 cm³/mol. The monoisotopic (exact) mass is 314 g/mol. The molecule has 9 heteroatoms. The number of hydrogen-bond donors (Lipinski definition) is 1. The average molecular weight is 314 g/mol. The maximum atomic E-state index is 12.1. The molecule has 1 N–H and O–H groups in total. The number of hydrogen-bond acceptors (Lipinski definition) is 7. The number of carbonyl (C=O) groups excluding carboxylic acids is 2. The number of carbonyl (C=O) groups is 2. The van der Waals surface area contributed by atoms with E-state index in [0.29, 0.717) is 17.7 Å². The van der Waals surface area contributed by atoms with Crippen molar-refractivity contribution < 1.29 is 19.3 Å². The summed E-state index contributed by atoms with van der Waals surface area (Å²) in [5.74, 6) is -0.177. The lowest BCUT2D eigenvalue weighted by Gasteiger charge is -2.28. The molecule has 0 radical (unpaired) electrons. The minimum absolute atomic E-state index is 0.0521. The van der Waals surface area contributed by atoms with Gasteiger partial charge in [0.25, 0.3) is 0 Å². The fraction of sp³-hybridized carbons (Fsp3) is 0.357. The van der Waals surface area contributed by atoms with E-state index in [1.807, 2.05) is 6.07 Å². The molecule has 3 rings (SSSR count). The predicted octanol–water partition coefficient (Wildman–Crippen LogP) is 0.321. The molecule has 0 aliphatic carbocycles. The molecule has 118 valence electrons. The minimum Gasteiger partial charge on any atom is -0.535 e. The Morgan fingerprint density at radius 1 is 1.48 bits per heavy atom. The fourth-order valence-corrected chi connectivity index (χ4v) is 2.73. The van der Waals surface area contributed by atoms with E-state index >= 15 is 0 Å². The molecule has 8 nitrogen and oxygen atoms in total.